The molecule has 0 saturated carbocycles. The van der Waals surface area contributed by atoms with E-state index in [0.717, 1.165) is 38.3 Å². The Kier molecular flexibility index (Phi) is 10.6. The van der Waals surface area contributed by atoms with Gasteiger partial charge in [0.2, 0.25) is 10.0 Å². The van der Waals surface area contributed by atoms with E-state index in [4.69, 9.17) is 0 Å². The molecule has 0 unspecified atom stereocenters. The van der Waals surface area contributed by atoms with Gasteiger partial charge >= 0.3 is 0 Å². The van der Waals surface area contributed by atoms with Crippen molar-refractivity contribution >= 4 is 40.0 Å². The lowest BCUT2D eigenvalue weighted by Crippen LogP contribution is -2.44. The molecule has 6 nitrogen and oxygen atoms in total. The van der Waals surface area contributed by atoms with Gasteiger partial charge in [0.05, 0.1) is 4.90 Å². The first-order valence-electron chi connectivity index (χ1n) is 9.43. The molecule has 27 heavy (non-hydrogen) atoms. The summed E-state index contributed by atoms with van der Waals surface area (Å²) >= 11 is 0. The summed E-state index contributed by atoms with van der Waals surface area (Å²) in [5.74, 6) is 1.95. The third kappa shape index (κ3) is 7.57. The second kappa shape index (κ2) is 11.9. The quantitative estimate of drug-likeness (QED) is 0.338. The molecule has 1 heterocycles. The van der Waals surface area contributed by atoms with Crippen molar-refractivity contribution in [1.29, 1.82) is 0 Å². The summed E-state index contributed by atoms with van der Waals surface area (Å²) in [6.07, 6.45) is 2.83. The van der Waals surface area contributed by atoms with Crippen LogP contribution in [-0.4, -0.2) is 51.9 Å². The number of nitrogens with one attached hydrogen (secondary N) is 2. The first-order valence-corrected chi connectivity index (χ1v) is 10.9. The predicted molar refractivity (Wildman–Crippen MR) is 122 cm³/mol. The van der Waals surface area contributed by atoms with Crippen LogP contribution in [0.25, 0.3) is 0 Å². The van der Waals surface area contributed by atoms with Gasteiger partial charge in [-0.1, -0.05) is 32.0 Å². The predicted octanol–water partition coefficient (Wildman–Crippen LogP) is 2.92. The average molecular weight is 508 g/mol. The van der Waals surface area contributed by atoms with Gasteiger partial charge < -0.3 is 10.6 Å². The summed E-state index contributed by atoms with van der Waals surface area (Å²) < 4.78 is 26.9. The third-order valence-electron chi connectivity index (χ3n) is 4.75. The van der Waals surface area contributed by atoms with E-state index in [1.54, 1.807) is 35.6 Å². The topological polar surface area (TPSA) is 73.8 Å². The lowest BCUT2D eigenvalue weighted by Gasteiger charge is -2.31. The van der Waals surface area contributed by atoms with Crippen molar-refractivity contribution in [1.82, 2.24) is 14.9 Å². The van der Waals surface area contributed by atoms with Gasteiger partial charge in [-0.25, -0.2) is 8.42 Å². The van der Waals surface area contributed by atoms with Crippen LogP contribution >= 0.6 is 24.0 Å². The van der Waals surface area contributed by atoms with Crippen LogP contribution < -0.4 is 10.6 Å². The number of halogens is 1. The van der Waals surface area contributed by atoms with Gasteiger partial charge in [0.25, 0.3) is 0 Å². The van der Waals surface area contributed by atoms with Gasteiger partial charge in [0.1, 0.15) is 0 Å². The maximum atomic E-state index is 12.7. The van der Waals surface area contributed by atoms with E-state index in [2.05, 4.69) is 29.5 Å². The standard InChI is InChI=1S/C19H32N4O2S.HI/c1-16(2)9-12-21-19(20-3)22-15-17-10-13-23(14-11-17)26(24,25)18-7-5-4-6-8-18;/h4-8,16-17H,9-15H2,1-3H3,(H2,20,21,22);1H. The first kappa shape index (κ1) is 24.2. The molecule has 2 rings (SSSR count). The number of nitrogens with zero attached hydrogens (tertiary/aromatic N) is 2. The van der Waals surface area contributed by atoms with E-state index < -0.39 is 10.0 Å². The molecule has 0 spiro atoms. The van der Waals surface area contributed by atoms with Crippen molar-refractivity contribution < 1.29 is 8.42 Å². The lowest BCUT2D eigenvalue weighted by atomic mass is 9.98. The number of hydrogen-bond acceptors (Lipinski definition) is 3. The summed E-state index contributed by atoms with van der Waals surface area (Å²) in [5, 5.41) is 6.70. The Bertz CT molecular complexity index is 672. The molecule has 0 aromatic heterocycles. The zero-order chi connectivity index (χ0) is 19.0. The second-order valence-electron chi connectivity index (χ2n) is 7.22. The van der Waals surface area contributed by atoms with Crippen molar-refractivity contribution in [3.05, 3.63) is 30.3 Å². The lowest BCUT2D eigenvalue weighted by molar-refractivity contribution is 0.273. The summed E-state index contributed by atoms with van der Waals surface area (Å²) in [6, 6.07) is 8.69. The smallest absolute Gasteiger partial charge is 0.243 e. The molecule has 8 heteroatoms. The Hall–Kier alpha value is -0.870. The number of benzene rings is 1. The van der Waals surface area contributed by atoms with Gasteiger partial charge in [0, 0.05) is 33.2 Å². The molecule has 1 fully saturated rings. The summed E-state index contributed by atoms with van der Waals surface area (Å²) in [4.78, 5) is 4.63. The first-order chi connectivity index (χ1) is 12.4. The molecular formula is C19H33IN4O2S. The molecule has 0 bridgehead atoms. The minimum Gasteiger partial charge on any atom is -0.356 e. The van der Waals surface area contributed by atoms with Crippen LogP contribution in [0.1, 0.15) is 33.1 Å². The van der Waals surface area contributed by atoms with E-state index in [9.17, 15) is 8.42 Å². The highest BCUT2D eigenvalue weighted by Gasteiger charge is 2.29. The normalized spacial score (nSPS) is 16.8. The minimum absolute atomic E-state index is 0. The van der Waals surface area contributed by atoms with Crippen LogP contribution in [0.4, 0.5) is 0 Å². The average Bonchev–Trinajstić information content (AvgIpc) is 2.65. The van der Waals surface area contributed by atoms with Crippen molar-refractivity contribution in [2.24, 2.45) is 16.8 Å². The molecule has 1 aromatic carbocycles. The molecule has 154 valence electrons. The molecule has 1 aromatic rings. The number of sulfonamides is 1. The summed E-state index contributed by atoms with van der Waals surface area (Å²) in [5.41, 5.74) is 0. The molecule has 1 aliphatic heterocycles. The summed E-state index contributed by atoms with van der Waals surface area (Å²) in [6.45, 7) is 7.28. The van der Waals surface area contributed by atoms with E-state index in [0.29, 0.717) is 29.8 Å². The molecule has 1 saturated heterocycles. The fourth-order valence-electron chi connectivity index (χ4n) is 3.04. The second-order valence-corrected chi connectivity index (χ2v) is 9.16. The molecule has 1 aliphatic rings. The SMILES string of the molecule is CN=C(NCCC(C)C)NCC1CCN(S(=O)(=O)c2ccccc2)CC1.I. The highest BCUT2D eigenvalue weighted by Crippen LogP contribution is 2.23. The molecular weight excluding hydrogens is 475 g/mol. The largest absolute Gasteiger partial charge is 0.356 e. The fourth-order valence-corrected chi connectivity index (χ4v) is 4.53. The van der Waals surface area contributed by atoms with Crippen molar-refractivity contribution in [3.8, 4) is 0 Å². The van der Waals surface area contributed by atoms with E-state index >= 15 is 0 Å². The van der Waals surface area contributed by atoms with Gasteiger partial charge in [-0.15, -0.1) is 24.0 Å². The molecule has 0 atom stereocenters. The van der Waals surface area contributed by atoms with Gasteiger partial charge in [-0.2, -0.15) is 4.31 Å². The maximum absolute atomic E-state index is 12.7. The zero-order valence-electron chi connectivity index (χ0n) is 16.5. The molecule has 0 amide bonds. The highest BCUT2D eigenvalue weighted by atomic mass is 127. The monoisotopic (exact) mass is 508 g/mol. The van der Waals surface area contributed by atoms with E-state index in [-0.39, 0.29) is 24.0 Å². The van der Waals surface area contributed by atoms with Gasteiger partial charge in [-0.3, -0.25) is 4.99 Å². The molecule has 2 N–H and O–H groups in total. The third-order valence-corrected chi connectivity index (χ3v) is 6.66. The van der Waals surface area contributed by atoms with Gasteiger partial charge in [-0.05, 0) is 43.2 Å². The van der Waals surface area contributed by atoms with Crippen LogP contribution in [0, 0.1) is 11.8 Å². The number of piperidine rings is 1. The Morgan fingerprint density at radius 2 is 1.81 bits per heavy atom. The van der Waals surface area contributed by atoms with Crippen LogP contribution in [0.3, 0.4) is 0 Å². The number of hydrogen-bond donors (Lipinski definition) is 2. The Morgan fingerprint density at radius 3 is 2.37 bits per heavy atom. The number of rotatable bonds is 7. The van der Waals surface area contributed by atoms with Crippen LogP contribution in [0.5, 0.6) is 0 Å². The van der Waals surface area contributed by atoms with Crippen LogP contribution in [-0.2, 0) is 10.0 Å². The molecule has 0 aliphatic carbocycles. The van der Waals surface area contributed by atoms with Gasteiger partial charge in [0.15, 0.2) is 5.96 Å². The van der Waals surface area contributed by atoms with Crippen LogP contribution in [0.15, 0.2) is 40.2 Å². The Labute approximate surface area is 181 Å². The highest BCUT2D eigenvalue weighted by molar-refractivity contribution is 14.0. The number of guanidine groups is 1. The molecule has 0 radical (unpaired) electrons. The van der Waals surface area contributed by atoms with E-state index in [1.807, 2.05) is 6.07 Å². The minimum atomic E-state index is -3.36. The maximum Gasteiger partial charge on any atom is 0.243 e. The Balaban J connectivity index is 0.00000364. The van der Waals surface area contributed by atoms with E-state index in [1.165, 1.54) is 0 Å². The van der Waals surface area contributed by atoms with Crippen molar-refractivity contribution in [3.63, 3.8) is 0 Å². The zero-order valence-corrected chi connectivity index (χ0v) is 19.7. The van der Waals surface area contributed by atoms with Crippen molar-refractivity contribution in [2.75, 3.05) is 33.2 Å². The van der Waals surface area contributed by atoms with Crippen LogP contribution in [0.2, 0.25) is 0 Å². The Morgan fingerprint density at radius 1 is 1.19 bits per heavy atom. The fraction of sp³-hybridized carbons (Fsp3) is 0.632. The van der Waals surface area contributed by atoms with Crippen molar-refractivity contribution in [2.45, 2.75) is 38.0 Å². The number of aliphatic imine (C=N–C) groups is 1. The summed E-state index contributed by atoms with van der Waals surface area (Å²) in [7, 11) is -1.59.